The number of carbonyl (C=O) groups is 1. The number of benzene rings is 1. The number of hydrogen-bond acceptors (Lipinski definition) is 5. The Balaban J connectivity index is 1.59. The first-order chi connectivity index (χ1) is 13.1. The van der Waals surface area contributed by atoms with Crippen molar-refractivity contribution in [2.45, 2.75) is 33.1 Å². The van der Waals surface area contributed by atoms with Gasteiger partial charge in [-0.1, -0.05) is 29.8 Å². The van der Waals surface area contributed by atoms with E-state index in [4.69, 9.17) is 0 Å². The highest BCUT2D eigenvalue weighted by Gasteiger charge is 2.19. The summed E-state index contributed by atoms with van der Waals surface area (Å²) in [5, 5.41) is 4.44. The molecule has 0 atom stereocenters. The number of nitrogens with one attached hydrogen (secondary N) is 1. The Morgan fingerprint density at radius 2 is 1.89 bits per heavy atom. The number of aromatic nitrogens is 2. The number of amides is 1. The molecule has 1 aromatic carbocycles. The molecule has 0 unspecified atom stereocenters. The van der Waals surface area contributed by atoms with Crippen LogP contribution in [0, 0.1) is 13.8 Å². The van der Waals surface area contributed by atoms with Gasteiger partial charge in [0.05, 0.1) is 5.39 Å². The SMILES string of the molecule is Cc1ccc(-c2c(C)sc3ncnc(NCCC(=O)N4CCCC4)c23)cc1. The van der Waals surface area contributed by atoms with Gasteiger partial charge in [0.1, 0.15) is 17.0 Å². The van der Waals surface area contributed by atoms with Gasteiger partial charge in [-0.3, -0.25) is 4.79 Å². The molecule has 1 aliphatic rings. The fourth-order valence-corrected chi connectivity index (χ4v) is 4.67. The monoisotopic (exact) mass is 380 g/mol. The number of aryl methyl sites for hydroxylation is 2. The van der Waals surface area contributed by atoms with Gasteiger partial charge in [0.15, 0.2) is 0 Å². The molecule has 1 fully saturated rings. The average Bonchev–Trinajstić information content (AvgIpc) is 3.30. The molecule has 0 bridgehead atoms. The van der Waals surface area contributed by atoms with Crippen LogP contribution in [0.1, 0.15) is 29.7 Å². The molecular formula is C21H24N4OS. The van der Waals surface area contributed by atoms with Crippen molar-refractivity contribution in [1.82, 2.24) is 14.9 Å². The van der Waals surface area contributed by atoms with E-state index in [0.717, 1.165) is 42.0 Å². The molecule has 0 aliphatic carbocycles. The first kappa shape index (κ1) is 17.9. The van der Waals surface area contributed by atoms with Crippen LogP contribution in [0.3, 0.4) is 0 Å². The predicted octanol–water partition coefficient (Wildman–Crippen LogP) is 4.40. The first-order valence-corrected chi connectivity index (χ1v) is 10.3. The predicted molar refractivity (Wildman–Crippen MR) is 111 cm³/mol. The lowest BCUT2D eigenvalue weighted by Gasteiger charge is -2.15. The molecule has 140 valence electrons. The van der Waals surface area contributed by atoms with Crippen LogP contribution in [0.25, 0.3) is 21.3 Å². The number of nitrogens with zero attached hydrogens (tertiary/aromatic N) is 3. The van der Waals surface area contributed by atoms with Crippen molar-refractivity contribution in [3.63, 3.8) is 0 Å². The van der Waals surface area contributed by atoms with Crippen molar-refractivity contribution < 1.29 is 4.79 Å². The van der Waals surface area contributed by atoms with Crippen LogP contribution in [0.5, 0.6) is 0 Å². The molecule has 3 aromatic rings. The zero-order valence-electron chi connectivity index (χ0n) is 15.8. The second kappa shape index (κ2) is 7.64. The molecule has 1 aliphatic heterocycles. The van der Waals surface area contributed by atoms with Crippen molar-refractivity contribution in [1.29, 1.82) is 0 Å². The highest BCUT2D eigenvalue weighted by molar-refractivity contribution is 7.19. The maximum absolute atomic E-state index is 12.3. The van der Waals surface area contributed by atoms with Gasteiger partial charge in [-0.15, -0.1) is 11.3 Å². The van der Waals surface area contributed by atoms with Gasteiger partial charge in [-0.2, -0.15) is 0 Å². The van der Waals surface area contributed by atoms with Gasteiger partial charge in [0.25, 0.3) is 0 Å². The fraction of sp³-hybridized carbons (Fsp3) is 0.381. The highest BCUT2D eigenvalue weighted by atomic mass is 32.1. The van der Waals surface area contributed by atoms with Crippen molar-refractivity contribution in [3.05, 3.63) is 41.0 Å². The van der Waals surface area contributed by atoms with Crippen LogP contribution in [-0.2, 0) is 4.79 Å². The van der Waals surface area contributed by atoms with E-state index in [2.05, 4.69) is 53.4 Å². The molecule has 0 spiro atoms. The Hall–Kier alpha value is -2.47. The summed E-state index contributed by atoms with van der Waals surface area (Å²) >= 11 is 1.69. The van der Waals surface area contributed by atoms with E-state index in [-0.39, 0.29) is 5.91 Å². The summed E-state index contributed by atoms with van der Waals surface area (Å²) in [6.45, 7) is 6.61. The molecule has 1 N–H and O–H groups in total. The number of fused-ring (bicyclic) bond motifs is 1. The molecule has 2 aromatic heterocycles. The summed E-state index contributed by atoms with van der Waals surface area (Å²) in [7, 11) is 0. The van der Waals surface area contributed by atoms with E-state index >= 15 is 0 Å². The second-order valence-electron chi connectivity index (χ2n) is 7.07. The quantitative estimate of drug-likeness (QED) is 0.713. The third-order valence-electron chi connectivity index (χ3n) is 5.09. The summed E-state index contributed by atoms with van der Waals surface area (Å²) in [4.78, 5) is 25.4. The standard InChI is InChI=1S/C21H24N4OS/c1-14-5-7-16(8-6-14)18-15(2)27-21-19(18)20(23-13-24-21)22-10-9-17(26)25-11-3-4-12-25/h5-8,13H,3-4,9-12H2,1-2H3,(H,22,23,24). The van der Waals surface area contributed by atoms with Gasteiger partial charge in [-0.05, 0) is 32.3 Å². The third-order valence-corrected chi connectivity index (χ3v) is 6.11. The number of anilines is 1. The summed E-state index contributed by atoms with van der Waals surface area (Å²) in [6, 6.07) is 8.56. The van der Waals surface area contributed by atoms with Crippen LogP contribution < -0.4 is 5.32 Å². The molecule has 1 saturated heterocycles. The average molecular weight is 381 g/mol. The Labute approximate surface area is 163 Å². The molecule has 27 heavy (non-hydrogen) atoms. The summed E-state index contributed by atoms with van der Waals surface area (Å²) in [6.07, 6.45) is 4.34. The lowest BCUT2D eigenvalue weighted by atomic mass is 10.0. The maximum atomic E-state index is 12.3. The van der Waals surface area contributed by atoms with E-state index in [9.17, 15) is 4.79 Å². The largest absolute Gasteiger partial charge is 0.369 e. The van der Waals surface area contributed by atoms with E-state index < -0.39 is 0 Å². The molecule has 6 heteroatoms. The molecule has 4 rings (SSSR count). The number of thiophene rings is 1. The number of hydrogen-bond donors (Lipinski definition) is 1. The van der Waals surface area contributed by atoms with Crippen LogP contribution in [0.2, 0.25) is 0 Å². The first-order valence-electron chi connectivity index (χ1n) is 9.46. The molecular weight excluding hydrogens is 356 g/mol. The van der Waals surface area contributed by atoms with Crippen molar-refractivity contribution in [2.24, 2.45) is 0 Å². The summed E-state index contributed by atoms with van der Waals surface area (Å²) in [5.74, 6) is 1.04. The van der Waals surface area contributed by atoms with Crippen LogP contribution >= 0.6 is 11.3 Å². The van der Waals surface area contributed by atoms with E-state index in [1.165, 1.54) is 21.6 Å². The third kappa shape index (κ3) is 3.67. The van der Waals surface area contributed by atoms with Crippen molar-refractivity contribution in [3.8, 4) is 11.1 Å². The lowest BCUT2D eigenvalue weighted by molar-refractivity contribution is -0.129. The Morgan fingerprint density at radius 1 is 1.15 bits per heavy atom. The van der Waals surface area contributed by atoms with Crippen LogP contribution in [-0.4, -0.2) is 40.4 Å². The molecule has 0 radical (unpaired) electrons. The smallest absolute Gasteiger partial charge is 0.224 e. The minimum Gasteiger partial charge on any atom is -0.369 e. The highest BCUT2D eigenvalue weighted by Crippen LogP contribution is 2.40. The van der Waals surface area contributed by atoms with Gasteiger partial charge in [-0.25, -0.2) is 9.97 Å². The minimum absolute atomic E-state index is 0.227. The zero-order chi connectivity index (χ0) is 18.8. The van der Waals surface area contributed by atoms with Crippen LogP contribution in [0.4, 0.5) is 5.82 Å². The minimum atomic E-state index is 0.227. The topological polar surface area (TPSA) is 58.1 Å². The van der Waals surface area contributed by atoms with Gasteiger partial charge in [0.2, 0.25) is 5.91 Å². The molecule has 0 saturated carbocycles. The Kier molecular flexibility index (Phi) is 5.07. The number of likely N-dealkylation sites (tertiary alicyclic amines) is 1. The zero-order valence-corrected chi connectivity index (χ0v) is 16.6. The van der Waals surface area contributed by atoms with Crippen molar-refractivity contribution in [2.75, 3.05) is 25.0 Å². The van der Waals surface area contributed by atoms with Crippen LogP contribution in [0.15, 0.2) is 30.6 Å². The normalized spacial score (nSPS) is 14.1. The molecule has 1 amide bonds. The van der Waals surface area contributed by atoms with Gasteiger partial charge in [0, 0.05) is 36.5 Å². The summed E-state index contributed by atoms with van der Waals surface area (Å²) in [5.41, 5.74) is 3.60. The number of carbonyl (C=O) groups excluding carboxylic acids is 1. The second-order valence-corrected chi connectivity index (χ2v) is 8.27. The fourth-order valence-electron chi connectivity index (χ4n) is 3.66. The van der Waals surface area contributed by atoms with Gasteiger partial charge >= 0.3 is 0 Å². The molecule has 3 heterocycles. The number of rotatable bonds is 5. The Morgan fingerprint density at radius 3 is 2.63 bits per heavy atom. The molecule has 5 nitrogen and oxygen atoms in total. The Bertz CT molecular complexity index is 958. The van der Waals surface area contributed by atoms with Crippen molar-refractivity contribution >= 4 is 33.3 Å². The van der Waals surface area contributed by atoms with E-state index in [1.807, 2.05) is 4.90 Å². The van der Waals surface area contributed by atoms with E-state index in [0.29, 0.717) is 13.0 Å². The summed E-state index contributed by atoms with van der Waals surface area (Å²) < 4.78 is 0. The maximum Gasteiger partial charge on any atom is 0.224 e. The van der Waals surface area contributed by atoms with E-state index in [1.54, 1.807) is 17.7 Å². The van der Waals surface area contributed by atoms with Gasteiger partial charge < -0.3 is 10.2 Å². The lowest BCUT2D eigenvalue weighted by Crippen LogP contribution is -2.29.